The molecule has 0 N–H and O–H groups in total. The van der Waals surface area contributed by atoms with Crippen LogP contribution < -0.4 is 21.5 Å². The molecule has 0 fully saturated rings. The molecule has 3 heteroatoms. The van der Waals surface area contributed by atoms with Crippen molar-refractivity contribution < 1.29 is 21.5 Å². The molecule has 92 valence electrons. The minimum Gasteiger partial charge on any atom is -1.00 e. The Balaban J connectivity index is 0.00000144. The summed E-state index contributed by atoms with van der Waals surface area (Å²) in [6.07, 6.45) is 4.23. The van der Waals surface area contributed by atoms with Gasteiger partial charge in [0.2, 0.25) is 0 Å². The van der Waals surface area contributed by atoms with E-state index in [0.29, 0.717) is 0 Å². The standard InChI is InChI=1S/C14H19N2.BrH/c1-11-7-12(2)9-14(8-11)10-16-6-5-15(4)13(16)3;/h5-9H,10H2,1-4H3;1H/q+1;/p-1. The van der Waals surface area contributed by atoms with Gasteiger partial charge in [0.25, 0.3) is 5.82 Å². The van der Waals surface area contributed by atoms with Gasteiger partial charge in [0.15, 0.2) is 0 Å². The molecule has 2 rings (SSSR count). The molecular weight excluding hydrogens is 276 g/mol. The lowest BCUT2D eigenvalue weighted by Gasteiger charge is -2.03. The lowest BCUT2D eigenvalue weighted by Crippen LogP contribution is -3.00. The Bertz CT molecular complexity index is 495. The summed E-state index contributed by atoms with van der Waals surface area (Å²) < 4.78 is 4.41. The van der Waals surface area contributed by atoms with E-state index in [1.165, 1.54) is 22.5 Å². The first-order valence-corrected chi connectivity index (χ1v) is 5.65. The number of aryl methyl sites for hydroxylation is 3. The van der Waals surface area contributed by atoms with E-state index in [4.69, 9.17) is 0 Å². The van der Waals surface area contributed by atoms with Gasteiger partial charge in [-0.15, -0.1) is 0 Å². The SMILES string of the molecule is Cc1cc(C)cc(Cn2cc[n+](C)c2C)c1.[Br-]. The van der Waals surface area contributed by atoms with E-state index in [-0.39, 0.29) is 17.0 Å². The highest BCUT2D eigenvalue weighted by Crippen LogP contribution is 2.10. The predicted octanol–water partition coefficient (Wildman–Crippen LogP) is -0.710. The molecule has 0 radical (unpaired) electrons. The summed E-state index contributed by atoms with van der Waals surface area (Å²) in [5.74, 6) is 1.28. The molecule has 0 atom stereocenters. The van der Waals surface area contributed by atoms with E-state index >= 15 is 0 Å². The summed E-state index contributed by atoms with van der Waals surface area (Å²) in [5, 5.41) is 0. The van der Waals surface area contributed by atoms with Crippen LogP contribution in [0.25, 0.3) is 0 Å². The molecule has 1 aromatic carbocycles. The fourth-order valence-electron chi connectivity index (χ4n) is 2.12. The van der Waals surface area contributed by atoms with Crippen LogP contribution in [0, 0.1) is 20.8 Å². The Kier molecular flexibility index (Phi) is 4.52. The second kappa shape index (κ2) is 5.50. The van der Waals surface area contributed by atoms with Crippen molar-refractivity contribution in [2.24, 2.45) is 7.05 Å². The highest BCUT2D eigenvalue weighted by molar-refractivity contribution is 5.28. The van der Waals surface area contributed by atoms with E-state index in [0.717, 1.165) is 6.54 Å². The molecule has 0 bridgehead atoms. The zero-order valence-corrected chi connectivity index (χ0v) is 12.5. The minimum atomic E-state index is 0. The van der Waals surface area contributed by atoms with Crippen molar-refractivity contribution in [1.82, 2.24) is 4.57 Å². The van der Waals surface area contributed by atoms with Gasteiger partial charge in [0.1, 0.15) is 18.9 Å². The van der Waals surface area contributed by atoms with Crippen molar-refractivity contribution in [3.63, 3.8) is 0 Å². The van der Waals surface area contributed by atoms with E-state index in [1.54, 1.807) is 0 Å². The Morgan fingerprint density at radius 3 is 2.12 bits per heavy atom. The molecule has 17 heavy (non-hydrogen) atoms. The maximum atomic E-state index is 2.27. The van der Waals surface area contributed by atoms with Crippen LogP contribution in [0.15, 0.2) is 30.6 Å². The summed E-state index contributed by atoms with van der Waals surface area (Å²) in [4.78, 5) is 0. The van der Waals surface area contributed by atoms with Gasteiger partial charge in [-0.2, -0.15) is 0 Å². The maximum Gasteiger partial charge on any atom is 0.253 e. The van der Waals surface area contributed by atoms with Crippen molar-refractivity contribution >= 4 is 0 Å². The Morgan fingerprint density at radius 1 is 1.06 bits per heavy atom. The first-order chi connectivity index (χ1) is 7.56. The van der Waals surface area contributed by atoms with E-state index in [1.807, 2.05) is 0 Å². The van der Waals surface area contributed by atoms with Crippen molar-refractivity contribution in [3.05, 3.63) is 53.1 Å². The molecule has 0 saturated carbocycles. The first kappa shape index (κ1) is 14.0. The first-order valence-electron chi connectivity index (χ1n) is 5.65. The van der Waals surface area contributed by atoms with Crippen LogP contribution in [0.5, 0.6) is 0 Å². The number of benzene rings is 1. The fourth-order valence-corrected chi connectivity index (χ4v) is 2.12. The van der Waals surface area contributed by atoms with Crippen LogP contribution in [0.1, 0.15) is 22.5 Å². The third kappa shape index (κ3) is 3.19. The van der Waals surface area contributed by atoms with E-state index in [2.05, 4.69) is 67.5 Å². The number of rotatable bonds is 2. The average molecular weight is 295 g/mol. The monoisotopic (exact) mass is 294 g/mol. The number of hydrogen-bond donors (Lipinski definition) is 0. The number of hydrogen-bond acceptors (Lipinski definition) is 0. The molecule has 0 spiro atoms. The van der Waals surface area contributed by atoms with Crippen LogP contribution >= 0.6 is 0 Å². The molecule has 0 amide bonds. The third-order valence-electron chi connectivity index (χ3n) is 3.03. The van der Waals surface area contributed by atoms with Gasteiger partial charge in [-0.05, 0) is 19.4 Å². The van der Waals surface area contributed by atoms with Crippen LogP contribution in [0.4, 0.5) is 0 Å². The van der Waals surface area contributed by atoms with Gasteiger partial charge in [-0.25, -0.2) is 9.13 Å². The molecule has 2 nitrogen and oxygen atoms in total. The largest absolute Gasteiger partial charge is 1.00 e. The van der Waals surface area contributed by atoms with Gasteiger partial charge >= 0.3 is 0 Å². The molecule has 1 aromatic heterocycles. The molecule has 0 aliphatic heterocycles. The zero-order chi connectivity index (χ0) is 11.7. The smallest absolute Gasteiger partial charge is 0.253 e. The van der Waals surface area contributed by atoms with Crippen LogP contribution in [0.2, 0.25) is 0 Å². The van der Waals surface area contributed by atoms with Crippen molar-refractivity contribution in [2.45, 2.75) is 27.3 Å². The van der Waals surface area contributed by atoms with Gasteiger partial charge in [0.05, 0.1) is 7.05 Å². The zero-order valence-electron chi connectivity index (χ0n) is 10.9. The molecule has 0 saturated heterocycles. The van der Waals surface area contributed by atoms with Crippen LogP contribution in [0.3, 0.4) is 0 Å². The quantitative estimate of drug-likeness (QED) is 0.647. The molecular formula is C14H19BrN2. The van der Waals surface area contributed by atoms with Gasteiger partial charge in [-0.3, -0.25) is 0 Å². The van der Waals surface area contributed by atoms with E-state index < -0.39 is 0 Å². The average Bonchev–Trinajstić information content (AvgIpc) is 2.48. The van der Waals surface area contributed by atoms with Crippen molar-refractivity contribution in [2.75, 3.05) is 0 Å². The molecule has 2 aromatic rings. The van der Waals surface area contributed by atoms with Gasteiger partial charge < -0.3 is 17.0 Å². The summed E-state index contributed by atoms with van der Waals surface area (Å²) in [7, 11) is 2.08. The minimum absolute atomic E-state index is 0. The summed E-state index contributed by atoms with van der Waals surface area (Å²) in [5.41, 5.74) is 4.05. The summed E-state index contributed by atoms with van der Waals surface area (Å²) in [6.45, 7) is 7.40. The summed E-state index contributed by atoms with van der Waals surface area (Å²) >= 11 is 0. The maximum absolute atomic E-state index is 2.27. The predicted molar refractivity (Wildman–Crippen MR) is 65.4 cm³/mol. The van der Waals surface area contributed by atoms with Crippen LogP contribution in [-0.2, 0) is 13.6 Å². The molecule has 0 unspecified atom stereocenters. The highest BCUT2D eigenvalue weighted by atomic mass is 79.9. The Hall–Kier alpha value is -1.09. The number of imidazole rings is 1. The number of nitrogens with zero attached hydrogens (tertiary/aromatic N) is 2. The van der Waals surface area contributed by atoms with Crippen LogP contribution in [-0.4, -0.2) is 4.57 Å². The second-order valence-electron chi connectivity index (χ2n) is 4.58. The lowest BCUT2D eigenvalue weighted by atomic mass is 10.1. The highest BCUT2D eigenvalue weighted by Gasteiger charge is 2.09. The number of halogens is 1. The molecule has 0 aliphatic carbocycles. The fraction of sp³-hybridized carbons (Fsp3) is 0.357. The Morgan fingerprint density at radius 2 is 1.65 bits per heavy atom. The third-order valence-corrected chi connectivity index (χ3v) is 3.03. The lowest BCUT2D eigenvalue weighted by molar-refractivity contribution is -0.677. The topological polar surface area (TPSA) is 8.81 Å². The normalized spacial score (nSPS) is 10.1. The molecule has 1 heterocycles. The second-order valence-corrected chi connectivity index (χ2v) is 4.58. The van der Waals surface area contributed by atoms with Gasteiger partial charge in [0, 0.05) is 6.92 Å². The van der Waals surface area contributed by atoms with Crippen molar-refractivity contribution in [3.8, 4) is 0 Å². The van der Waals surface area contributed by atoms with E-state index in [9.17, 15) is 0 Å². The number of aromatic nitrogens is 2. The summed E-state index contributed by atoms with van der Waals surface area (Å²) in [6, 6.07) is 6.73. The van der Waals surface area contributed by atoms with Gasteiger partial charge in [-0.1, -0.05) is 29.3 Å². The van der Waals surface area contributed by atoms with Crippen molar-refractivity contribution in [1.29, 1.82) is 0 Å². The Labute approximate surface area is 114 Å². The molecule has 0 aliphatic rings.